The molecular formula is C15H26N2O2. The summed E-state index contributed by atoms with van der Waals surface area (Å²) >= 11 is 0. The predicted molar refractivity (Wildman–Crippen MR) is 74.5 cm³/mol. The highest BCUT2D eigenvalue weighted by atomic mass is 16.5. The fourth-order valence-corrected chi connectivity index (χ4v) is 2.58. The Hall–Kier alpha value is -1.08. The van der Waals surface area contributed by atoms with Gasteiger partial charge in [0.2, 0.25) is 5.91 Å². The minimum Gasteiger partial charge on any atom is -0.382 e. The third kappa shape index (κ3) is 6.07. The van der Waals surface area contributed by atoms with Gasteiger partial charge in [-0.2, -0.15) is 5.26 Å². The molecule has 0 spiro atoms. The van der Waals surface area contributed by atoms with Crippen LogP contribution in [0.2, 0.25) is 0 Å². The number of hydrogen-bond donors (Lipinski definition) is 1. The number of hydrogen-bond acceptors (Lipinski definition) is 3. The van der Waals surface area contributed by atoms with E-state index >= 15 is 0 Å². The van der Waals surface area contributed by atoms with Crippen LogP contribution in [0.4, 0.5) is 0 Å². The number of nitrogens with zero attached hydrogens (tertiary/aromatic N) is 1. The number of rotatable bonds is 6. The lowest BCUT2D eigenvalue weighted by Gasteiger charge is -2.29. The lowest BCUT2D eigenvalue weighted by Crippen LogP contribution is -2.47. The van der Waals surface area contributed by atoms with Gasteiger partial charge in [-0.25, -0.2) is 0 Å². The number of carbonyl (C=O) groups is 1. The molecule has 0 aromatic rings. The van der Waals surface area contributed by atoms with E-state index in [1.807, 2.05) is 6.92 Å². The standard InChI is InChI=1S/C15H26N2O2/c1-2-19-12-8-9-14(18)17-15(13-16)10-6-4-3-5-7-11-15/h2-12H2,1H3,(H,17,18). The molecule has 1 fully saturated rings. The predicted octanol–water partition coefficient (Wildman–Crippen LogP) is 2.93. The molecule has 0 bridgehead atoms. The highest BCUT2D eigenvalue weighted by Crippen LogP contribution is 2.26. The van der Waals surface area contributed by atoms with Crippen LogP contribution in [0.15, 0.2) is 0 Å². The van der Waals surface area contributed by atoms with Crippen LogP contribution in [0.25, 0.3) is 0 Å². The minimum absolute atomic E-state index is 0.0122. The van der Waals surface area contributed by atoms with Gasteiger partial charge in [0.25, 0.3) is 0 Å². The van der Waals surface area contributed by atoms with E-state index in [-0.39, 0.29) is 5.91 Å². The van der Waals surface area contributed by atoms with E-state index in [0.29, 0.717) is 19.6 Å². The van der Waals surface area contributed by atoms with Crippen LogP contribution in [0.1, 0.15) is 64.7 Å². The van der Waals surface area contributed by atoms with Gasteiger partial charge in [-0.15, -0.1) is 0 Å². The molecule has 1 amide bonds. The maximum absolute atomic E-state index is 11.9. The van der Waals surface area contributed by atoms with Gasteiger partial charge in [-0.3, -0.25) is 4.79 Å². The van der Waals surface area contributed by atoms with Crippen LogP contribution in [0, 0.1) is 11.3 Å². The van der Waals surface area contributed by atoms with E-state index in [4.69, 9.17) is 4.74 Å². The molecule has 1 aliphatic rings. The van der Waals surface area contributed by atoms with Crippen LogP contribution in [0.5, 0.6) is 0 Å². The van der Waals surface area contributed by atoms with Gasteiger partial charge in [0.15, 0.2) is 0 Å². The zero-order valence-corrected chi connectivity index (χ0v) is 12.0. The van der Waals surface area contributed by atoms with Crippen molar-refractivity contribution in [1.29, 1.82) is 5.26 Å². The molecule has 1 N–H and O–H groups in total. The molecule has 1 rings (SSSR count). The Morgan fingerprint density at radius 3 is 2.47 bits per heavy atom. The zero-order chi connectivity index (χ0) is 14.0. The molecule has 0 aromatic heterocycles. The van der Waals surface area contributed by atoms with Crippen molar-refractivity contribution in [3.05, 3.63) is 0 Å². The van der Waals surface area contributed by atoms with E-state index < -0.39 is 5.54 Å². The van der Waals surface area contributed by atoms with E-state index in [2.05, 4.69) is 11.4 Å². The molecular weight excluding hydrogens is 240 g/mol. The summed E-state index contributed by atoms with van der Waals surface area (Å²) in [6.45, 7) is 3.24. The topological polar surface area (TPSA) is 62.1 Å². The summed E-state index contributed by atoms with van der Waals surface area (Å²) in [6, 6.07) is 2.35. The Kier molecular flexibility index (Phi) is 7.50. The third-order valence-corrected chi connectivity index (χ3v) is 3.70. The molecule has 0 aromatic carbocycles. The maximum atomic E-state index is 11.9. The van der Waals surface area contributed by atoms with Crippen LogP contribution in [0.3, 0.4) is 0 Å². The average Bonchev–Trinajstić information content (AvgIpc) is 2.38. The van der Waals surface area contributed by atoms with Crippen molar-refractivity contribution in [3.63, 3.8) is 0 Å². The van der Waals surface area contributed by atoms with E-state index in [1.165, 1.54) is 19.3 Å². The molecule has 0 radical (unpaired) electrons. The van der Waals surface area contributed by atoms with Crippen molar-refractivity contribution in [2.75, 3.05) is 13.2 Å². The number of ether oxygens (including phenoxy) is 1. The summed E-state index contributed by atoms with van der Waals surface area (Å²) in [7, 11) is 0. The molecule has 19 heavy (non-hydrogen) atoms. The Morgan fingerprint density at radius 1 is 1.26 bits per heavy atom. The van der Waals surface area contributed by atoms with Crippen molar-refractivity contribution in [2.24, 2.45) is 0 Å². The van der Waals surface area contributed by atoms with Crippen LogP contribution in [-0.2, 0) is 9.53 Å². The number of carbonyl (C=O) groups excluding carboxylic acids is 1. The normalized spacial score (nSPS) is 18.9. The summed E-state index contributed by atoms with van der Waals surface area (Å²) in [6.07, 6.45) is 8.42. The van der Waals surface area contributed by atoms with E-state index in [0.717, 1.165) is 32.1 Å². The second-order valence-corrected chi connectivity index (χ2v) is 5.31. The van der Waals surface area contributed by atoms with Gasteiger partial charge >= 0.3 is 0 Å². The van der Waals surface area contributed by atoms with Crippen LogP contribution >= 0.6 is 0 Å². The van der Waals surface area contributed by atoms with Gasteiger partial charge in [-0.1, -0.05) is 32.1 Å². The Labute approximate surface area is 116 Å². The van der Waals surface area contributed by atoms with E-state index in [9.17, 15) is 10.1 Å². The lowest BCUT2D eigenvalue weighted by molar-refractivity contribution is -0.123. The first-order valence-corrected chi connectivity index (χ1v) is 7.52. The highest BCUT2D eigenvalue weighted by molar-refractivity contribution is 5.77. The lowest BCUT2D eigenvalue weighted by atomic mass is 9.85. The SMILES string of the molecule is CCOCCCC(=O)NC1(C#N)CCCCCCC1. The molecule has 0 atom stereocenters. The quantitative estimate of drug-likeness (QED) is 0.752. The van der Waals surface area contributed by atoms with Crippen molar-refractivity contribution in [2.45, 2.75) is 70.3 Å². The first-order valence-electron chi connectivity index (χ1n) is 7.52. The molecule has 1 aliphatic carbocycles. The Balaban J connectivity index is 2.40. The summed E-state index contributed by atoms with van der Waals surface area (Å²) < 4.78 is 5.22. The minimum atomic E-state index is -0.622. The summed E-state index contributed by atoms with van der Waals surface area (Å²) in [5.74, 6) is -0.0122. The maximum Gasteiger partial charge on any atom is 0.221 e. The van der Waals surface area contributed by atoms with Crippen molar-refractivity contribution in [3.8, 4) is 6.07 Å². The molecule has 0 aliphatic heterocycles. The number of nitrogens with one attached hydrogen (secondary N) is 1. The summed E-state index contributed by atoms with van der Waals surface area (Å²) in [5.41, 5.74) is -0.622. The smallest absolute Gasteiger partial charge is 0.221 e. The molecule has 0 heterocycles. The summed E-state index contributed by atoms with van der Waals surface area (Å²) in [4.78, 5) is 11.9. The summed E-state index contributed by atoms with van der Waals surface area (Å²) in [5, 5.41) is 12.4. The van der Waals surface area contributed by atoms with Gasteiger partial charge in [0.1, 0.15) is 5.54 Å². The fourth-order valence-electron chi connectivity index (χ4n) is 2.58. The van der Waals surface area contributed by atoms with Crippen molar-refractivity contribution < 1.29 is 9.53 Å². The second-order valence-electron chi connectivity index (χ2n) is 5.31. The molecule has 0 saturated heterocycles. The van der Waals surface area contributed by atoms with Crippen molar-refractivity contribution in [1.82, 2.24) is 5.32 Å². The number of amides is 1. The first kappa shape index (κ1) is 16.0. The zero-order valence-electron chi connectivity index (χ0n) is 12.0. The molecule has 4 heteroatoms. The van der Waals surface area contributed by atoms with E-state index in [1.54, 1.807) is 0 Å². The van der Waals surface area contributed by atoms with Crippen LogP contribution < -0.4 is 5.32 Å². The highest BCUT2D eigenvalue weighted by Gasteiger charge is 2.31. The largest absolute Gasteiger partial charge is 0.382 e. The number of nitriles is 1. The fraction of sp³-hybridized carbons (Fsp3) is 0.867. The van der Waals surface area contributed by atoms with Gasteiger partial charge in [0.05, 0.1) is 6.07 Å². The van der Waals surface area contributed by atoms with Crippen molar-refractivity contribution >= 4 is 5.91 Å². The molecule has 0 unspecified atom stereocenters. The Morgan fingerprint density at radius 2 is 1.89 bits per heavy atom. The molecule has 4 nitrogen and oxygen atoms in total. The van der Waals surface area contributed by atoms with Gasteiger partial charge < -0.3 is 10.1 Å². The Bertz CT molecular complexity index is 302. The van der Waals surface area contributed by atoms with Crippen LogP contribution in [-0.4, -0.2) is 24.7 Å². The van der Waals surface area contributed by atoms with Gasteiger partial charge in [0, 0.05) is 19.6 Å². The second kappa shape index (κ2) is 8.92. The monoisotopic (exact) mass is 266 g/mol. The average molecular weight is 266 g/mol. The third-order valence-electron chi connectivity index (χ3n) is 3.70. The molecule has 1 saturated carbocycles. The van der Waals surface area contributed by atoms with Gasteiger partial charge in [-0.05, 0) is 26.2 Å². The molecule has 108 valence electrons. The first-order chi connectivity index (χ1) is 9.22.